The van der Waals surface area contributed by atoms with Crippen LogP contribution in [0, 0.1) is 16.7 Å². The minimum Gasteiger partial charge on any atom is -0.429 e. The smallest absolute Gasteiger partial charge is 0.429 e. The van der Waals surface area contributed by atoms with Crippen LogP contribution in [-0.4, -0.2) is 23.3 Å². The summed E-state index contributed by atoms with van der Waals surface area (Å²) in [5, 5.41) is 19.2. The Morgan fingerprint density at radius 1 is 1.48 bits per heavy atom. The molecule has 0 heterocycles. The molecule has 0 aliphatic carbocycles. The number of rotatable bonds is 6. The molecule has 6 nitrogen and oxygen atoms in total. The summed E-state index contributed by atoms with van der Waals surface area (Å²) in [5.74, 6) is -0.842. The van der Waals surface area contributed by atoms with Gasteiger partial charge in [-0.1, -0.05) is 11.6 Å². The highest BCUT2D eigenvalue weighted by Crippen LogP contribution is 2.29. The lowest BCUT2D eigenvalue weighted by Crippen LogP contribution is -2.32. The van der Waals surface area contributed by atoms with Crippen molar-refractivity contribution >= 4 is 28.8 Å². The molecule has 0 fully saturated rings. The molecule has 21 heavy (non-hydrogen) atoms. The molecule has 10 heteroatoms. The molecule has 0 saturated heterocycles. The van der Waals surface area contributed by atoms with E-state index in [-0.39, 0.29) is 11.5 Å². The van der Waals surface area contributed by atoms with E-state index < -0.39 is 17.6 Å². The predicted molar refractivity (Wildman–Crippen MR) is 71.4 cm³/mol. The Bertz CT molecular complexity index is 583. The number of ether oxygens (including phenoxy) is 1. The van der Waals surface area contributed by atoms with Crippen molar-refractivity contribution in [3.63, 3.8) is 0 Å². The summed E-state index contributed by atoms with van der Waals surface area (Å²) >= 11 is 4.65. The summed E-state index contributed by atoms with van der Waals surface area (Å²) in [6.45, 7) is 0. The molecule has 0 amide bonds. The van der Waals surface area contributed by atoms with E-state index in [9.17, 15) is 13.2 Å². The Morgan fingerprint density at radius 2 is 2.05 bits per heavy atom. The van der Waals surface area contributed by atoms with Gasteiger partial charge in [-0.05, 0) is 24.3 Å². The van der Waals surface area contributed by atoms with Crippen molar-refractivity contribution in [1.82, 2.24) is 0 Å². The summed E-state index contributed by atoms with van der Waals surface area (Å²) in [4.78, 5) is 0. The minimum atomic E-state index is -4.16. The fraction of sp³-hybridized carbons (Fsp3) is 0.182. The van der Waals surface area contributed by atoms with Gasteiger partial charge in [0.05, 0.1) is 5.69 Å². The summed E-state index contributed by atoms with van der Waals surface area (Å²) in [6.07, 6.45) is -4.16. The average molecular weight is 320 g/mol. The topological polar surface area (TPSA) is 107 Å². The highest BCUT2D eigenvalue weighted by atomic mass is 35.5. The zero-order valence-corrected chi connectivity index (χ0v) is 11.0. The molecule has 0 aliphatic heterocycles. The van der Waals surface area contributed by atoms with Crippen LogP contribution in [0.5, 0.6) is 5.75 Å². The fourth-order valence-corrected chi connectivity index (χ4v) is 1.11. The molecule has 0 bridgehead atoms. The van der Waals surface area contributed by atoms with Gasteiger partial charge in [0, 0.05) is 0 Å². The first-order valence-corrected chi connectivity index (χ1v) is 5.73. The SMILES string of the molecule is N#C/C(=N\Nc1ccc(OC(F)(F)C(F)Cl)cc1)C(=N)N. The second-order valence-corrected chi connectivity index (χ2v) is 3.97. The van der Waals surface area contributed by atoms with E-state index in [1.165, 1.54) is 12.1 Å². The molecule has 0 aromatic heterocycles. The number of nitrogens with two attached hydrogens (primary N) is 1. The Balaban J connectivity index is 2.76. The lowest BCUT2D eigenvalue weighted by molar-refractivity contribution is -0.199. The van der Waals surface area contributed by atoms with Gasteiger partial charge in [-0.2, -0.15) is 19.1 Å². The normalized spacial score (nSPS) is 13.2. The summed E-state index contributed by atoms with van der Waals surface area (Å²) in [5.41, 5.74) is 4.45. The van der Waals surface area contributed by atoms with E-state index in [4.69, 9.17) is 16.4 Å². The molecule has 0 saturated carbocycles. The molecule has 1 aromatic carbocycles. The Labute approximate surface area is 122 Å². The Hall–Kier alpha value is -2.47. The zero-order valence-electron chi connectivity index (χ0n) is 10.3. The number of nitriles is 1. The molecule has 4 N–H and O–H groups in total. The average Bonchev–Trinajstić information content (AvgIpc) is 2.40. The number of amidine groups is 1. The minimum absolute atomic E-state index is 0.308. The number of alkyl halides is 4. The Kier molecular flexibility index (Phi) is 5.37. The monoisotopic (exact) mass is 319 g/mol. The molecular formula is C11H9ClF3N5O. The van der Waals surface area contributed by atoms with Gasteiger partial charge in [-0.3, -0.25) is 10.8 Å². The molecule has 1 aromatic rings. The van der Waals surface area contributed by atoms with Crippen molar-refractivity contribution in [3.8, 4) is 11.8 Å². The second kappa shape index (κ2) is 6.81. The second-order valence-electron chi connectivity index (χ2n) is 3.59. The molecular weight excluding hydrogens is 311 g/mol. The van der Waals surface area contributed by atoms with E-state index >= 15 is 0 Å². The number of benzene rings is 1. The third kappa shape index (κ3) is 4.85. The van der Waals surface area contributed by atoms with E-state index in [1.54, 1.807) is 6.07 Å². The number of anilines is 1. The first kappa shape index (κ1) is 16.6. The number of halogens is 4. The largest absolute Gasteiger partial charge is 0.444 e. The maximum absolute atomic E-state index is 12.9. The first-order chi connectivity index (χ1) is 9.76. The van der Waals surface area contributed by atoms with Crippen LogP contribution in [-0.2, 0) is 0 Å². The molecule has 112 valence electrons. The lowest BCUT2D eigenvalue weighted by Gasteiger charge is -2.17. The number of hydrazone groups is 1. The van der Waals surface area contributed by atoms with Crippen LogP contribution in [0.15, 0.2) is 29.4 Å². The molecule has 1 unspecified atom stereocenters. The fourth-order valence-electron chi connectivity index (χ4n) is 1.07. The van der Waals surface area contributed by atoms with Gasteiger partial charge in [-0.25, -0.2) is 4.39 Å². The highest BCUT2D eigenvalue weighted by Gasteiger charge is 2.42. The van der Waals surface area contributed by atoms with Gasteiger partial charge in [0.1, 0.15) is 11.8 Å². The van der Waals surface area contributed by atoms with Crippen molar-refractivity contribution in [2.75, 3.05) is 5.43 Å². The van der Waals surface area contributed by atoms with Crippen LogP contribution in [0.4, 0.5) is 18.9 Å². The number of nitrogens with one attached hydrogen (secondary N) is 2. The maximum atomic E-state index is 12.9. The molecule has 0 spiro atoms. The number of hydrogen-bond donors (Lipinski definition) is 3. The number of nitrogens with zero attached hydrogens (tertiary/aromatic N) is 2. The lowest BCUT2D eigenvalue weighted by atomic mass is 10.3. The summed E-state index contributed by atoms with van der Waals surface area (Å²) < 4.78 is 42.2. The van der Waals surface area contributed by atoms with E-state index in [0.29, 0.717) is 5.69 Å². The van der Waals surface area contributed by atoms with Gasteiger partial charge in [0.25, 0.3) is 5.63 Å². The van der Waals surface area contributed by atoms with Crippen molar-refractivity contribution in [2.24, 2.45) is 10.8 Å². The number of hydrogen-bond acceptors (Lipinski definition) is 5. The third-order valence-corrected chi connectivity index (χ3v) is 2.27. The van der Waals surface area contributed by atoms with Crippen LogP contribution >= 0.6 is 11.6 Å². The van der Waals surface area contributed by atoms with Crippen molar-refractivity contribution in [2.45, 2.75) is 11.7 Å². The first-order valence-electron chi connectivity index (χ1n) is 5.29. The summed E-state index contributed by atoms with van der Waals surface area (Å²) in [6, 6.07) is 6.38. The quantitative estimate of drug-likeness (QED) is 0.324. The standard InChI is InChI=1S/C11H9ClF3N5O/c12-10(13)11(14,15)21-7-3-1-6(2-4-7)19-20-8(5-16)9(17)18/h1-4,10,19H,(H3,17,18)/b20-8+. The molecule has 1 rings (SSSR count). The van der Waals surface area contributed by atoms with E-state index in [1.807, 2.05) is 0 Å². The van der Waals surface area contributed by atoms with Crippen LogP contribution in [0.25, 0.3) is 0 Å². The van der Waals surface area contributed by atoms with Crippen molar-refractivity contribution in [3.05, 3.63) is 24.3 Å². The van der Waals surface area contributed by atoms with Gasteiger partial charge in [0.15, 0.2) is 5.84 Å². The van der Waals surface area contributed by atoms with E-state index in [2.05, 4.69) is 26.9 Å². The Morgan fingerprint density at radius 3 is 2.48 bits per heavy atom. The molecule has 0 radical (unpaired) electrons. The summed E-state index contributed by atoms with van der Waals surface area (Å²) in [7, 11) is 0. The predicted octanol–water partition coefficient (Wildman–Crippen LogP) is 2.42. The van der Waals surface area contributed by atoms with Crippen molar-refractivity contribution in [1.29, 1.82) is 10.7 Å². The maximum Gasteiger partial charge on any atom is 0.444 e. The zero-order chi connectivity index (χ0) is 16.0. The van der Waals surface area contributed by atoms with Gasteiger partial charge >= 0.3 is 6.11 Å². The van der Waals surface area contributed by atoms with Gasteiger partial charge in [-0.15, -0.1) is 0 Å². The van der Waals surface area contributed by atoms with Crippen LogP contribution in [0.1, 0.15) is 0 Å². The van der Waals surface area contributed by atoms with E-state index in [0.717, 1.165) is 12.1 Å². The molecule has 0 aliphatic rings. The van der Waals surface area contributed by atoms with Crippen LogP contribution in [0.2, 0.25) is 0 Å². The van der Waals surface area contributed by atoms with Crippen molar-refractivity contribution < 1.29 is 17.9 Å². The van der Waals surface area contributed by atoms with Crippen LogP contribution < -0.4 is 15.9 Å². The van der Waals surface area contributed by atoms with Gasteiger partial charge in [0.2, 0.25) is 5.71 Å². The highest BCUT2D eigenvalue weighted by molar-refractivity contribution is 6.45. The van der Waals surface area contributed by atoms with Gasteiger partial charge < -0.3 is 10.5 Å². The molecule has 1 atom stereocenters. The third-order valence-electron chi connectivity index (χ3n) is 2.02. The van der Waals surface area contributed by atoms with Crippen LogP contribution in [0.3, 0.4) is 0 Å².